The maximum absolute atomic E-state index is 13.3. The van der Waals surface area contributed by atoms with Gasteiger partial charge in [-0.2, -0.15) is 0 Å². The van der Waals surface area contributed by atoms with E-state index in [4.69, 9.17) is 10.5 Å². The molecule has 0 amide bonds. The lowest BCUT2D eigenvalue weighted by molar-refractivity contribution is -0.0437. The molecule has 1 fully saturated rings. The normalized spacial score (nSPS) is 22.4. The third-order valence-electron chi connectivity index (χ3n) is 3.62. The number of hydrogen-bond acceptors (Lipinski definition) is 3. The quantitative estimate of drug-likeness (QED) is 0.910. The van der Waals surface area contributed by atoms with Gasteiger partial charge in [-0.3, -0.25) is 4.90 Å². The number of nitrogens with zero attached hydrogens (tertiary/aromatic N) is 1. The van der Waals surface area contributed by atoms with Gasteiger partial charge in [0.1, 0.15) is 0 Å². The summed E-state index contributed by atoms with van der Waals surface area (Å²) in [5.74, 6) is -1.65. The molecular weight excluding hydrogens is 250 g/mol. The summed E-state index contributed by atoms with van der Waals surface area (Å²) in [6.45, 7) is 4.64. The van der Waals surface area contributed by atoms with Gasteiger partial charge in [-0.1, -0.05) is 13.0 Å². The van der Waals surface area contributed by atoms with Crippen molar-refractivity contribution in [3.8, 4) is 0 Å². The van der Waals surface area contributed by atoms with Crippen molar-refractivity contribution in [2.45, 2.75) is 25.5 Å². The Morgan fingerprint density at radius 1 is 1.42 bits per heavy atom. The Bertz CT molecular complexity index is 428. The van der Waals surface area contributed by atoms with Crippen molar-refractivity contribution in [1.82, 2.24) is 4.90 Å². The van der Waals surface area contributed by atoms with E-state index >= 15 is 0 Å². The number of benzene rings is 1. The van der Waals surface area contributed by atoms with E-state index in [0.717, 1.165) is 31.1 Å². The summed E-state index contributed by atoms with van der Waals surface area (Å²) in [5.41, 5.74) is 6.53. The van der Waals surface area contributed by atoms with Crippen LogP contribution in [0.15, 0.2) is 18.2 Å². The van der Waals surface area contributed by atoms with Crippen molar-refractivity contribution in [2.24, 2.45) is 5.73 Å². The topological polar surface area (TPSA) is 38.5 Å². The molecule has 0 aliphatic carbocycles. The van der Waals surface area contributed by atoms with E-state index in [0.29, 0.717) is 13.2 Å². The third kappa shape index (κ3) is 3.29. The minimum atomic E-state index is -0.826. The lowest BCUT2D eigenvalue weighted by atomic mass is 10.0. The molecular formula is C14H20F2N2O. The number of hydrogen-bond donors (Lipinski definition) is 1. The summed E-state index contributed by atoms with van der Waals surface area (Å²) < 4.78 is 31.9. The smallest absolute Gasteiger partial charge is 0.159 e. The molecule has 5 heteroatoms. The second kappa shape index (κ2) is 6.41. The molecule has 1 saturated heterocycles. The van der Waals surface area contributed by atoms with Gasteiger partial charge in [0.15, 0.2) is 11.6 Å². The zero-order valence-electron chi connectivity index (χ0n) is 11.1. The van der Waals surface area contributed by atoms with Crippen molar-refractivity contribution >= 4 is 0 Å². The molecule has 2 atom stereocenters. The van der Waals surface area contributed by atoms with E-state index < -0.39 is 11.6 Å². The molecule has 1 aliphatic heterocycles. The maximum Gasteiger partial charge on any atom is 0.159 e. The molecule has 2 rings (SSSR count). The molecule has 1 aliphatic rings. The summed E-state index contributed by atoms with van der Waals surface area (Å²) in [4.78, 5) is 2.18. The summed E-state index contributed by atoms with van der Waals surface area (Å²) in [7, 11) is 0. The monoisotopic (exact) mass is 270 g/mol. The van der Waals surface area contributed by atoms with E-state index in [9.17, 15) is 8.78 Å². The largest absolute Gasteiger partial charge is 0.376 e. The Labute approximate surface area is 112 Å². The molecule has 19 heavy (non-hydrogen) atoms. The molecule has 1 aromatic carbocycles. The molecule has 0 bridgehead atoms. The summed E-state index contributed by atoms with van der Waals surface area (Å²) in [6.07, 6.45) is 1.12. The Kier molecular flexibility index (Phi) is 4.85. The highest BCUT2D eigenvalue weighted by Gasteiger charge is 2.26. The molecule has 0 aromatic heterocycles. The van der Waals surface area contributed by atoms with Crippen LogP contribution >= 0.6 is 0 Å². The van der Waals surface area contributed by atoms with Crippen molar-refractivity contribution in [2.75, 3.05) is 26.2 Å². The average Bonchev–Trinajstić information content (AvgIpc) is 2.44. The molecule has 0 radical (unpaired) electrons. The fraction of sp³-hybridized carbons (Fsp3) is 0.571. The minimum absolute atomic E-state index is 0.0898. The van der Waals surface area contributed by atoms with Crippen LogP contribution in [0.3, 0.4) is 0 Å². The first kappa shape index (κ1) is 14.4. The van der Waals surface area contributed by atoms with Crippen LogP contribution in [-0.2, 0) is 4.74 Å². The summed E-state index contributed by atoms with van der Waals surface area (Å²) >= 11 is 0. The number of halogens is 2. The minimum Gasteiger partial charge on any atom is -0.376 e. The first-order chi connectivity index (χ1) is 9.15. The Morgan fingerprint density at radius 3 is 2.84 bits per heavy atom. The van der Waals surface area contributed by atoms with Gasteiger partial charge >= 0.3 is 0 Å². The van der Waals surface area contributed by atoms with E-state index in [1.807, 2.05) is 0 Å². The second-order valence-corrected chi connectivity index (χ2v) is 4.82. The van der Waals surface area contributed by atoms with Gasteiger partial charge in [-0.05, 0) is 24.1 Å². The molecule has 1 heterocycles. The molecule has 2 N–H and O–H groups in total. The van der Waals surface area contributed by atoms with Gasteiger partial charge in [0.25, 0.3) is 0 Å². The number of ether oxygens (including phenoxy) is 1. The lowest BCUT2D eigenvalue weighted by Crippen LogP contribution is -2.46. The number of rotatable bonds is 4. The zero-order chi connectivity index (χ0) is 13.8. The Morgan fingerprint density at radius 2 is 2.21 bits per heavy atom. The standard InChI is InChI=1S/C14H20F2N2O/c1-2-11-9-18(5-6-19-11)14(8-17)10-3-4-12(15)13(16)7-10/h3-4,7,11,14H,2,5-6,8-9,17H2,1H3. The van der Waals surface area contributed by atoms with Crippen LogP contribution in [0.25, 0.3) is 0 Å². The van der Waals surface area contributed by atoms with Crippen LogP contribution < -0.4 is 5.73 Å². The van der Waals surface area contributed by atoms with Crippen molar-refractivity contribution in [3.05, 3.63) is 35.4 Å². The molecule has 3 nitrogen and oxygen atoms in total. The Hall–Kier alpha value is -1.04. The molecule has 106 valence electrons. The average molecular weight is 270 g/mol. The lowest BCUT2D eigenvalue weighted by Gasteiger charge is -2.37. The first-order valence-electron chi connectivity index (χ1n) is 6.66. The highest BCUT2D eigenvalue weighted by atomic mass is 19.2. The third-order valence-corrected chi connectivity index (χ3v) is 3.62. The van der Waals surface area contributed by atoms with Gasteiger partial charge < -0.3 is 10.5 Å². The SMILES string of the molecule is CCC1CN(C(CN)c2ccc(F)c(F)c2)CCO1. The van der Waals surface area contributed by atoms with Gasteiger partial charge in [0.2, 0.25) is 0 Å². The van der Waals surface area contributed by atoms with Crippen LogP contribution in [0.2, 0.25) is 0 Å². The van der Waals surface area contributed by atoms with Crippen LogP contribution in [0.5, 0.6) is 0 Å². The molecule has 2 unspecified atom stereocenters. The predicted molar refractivity (Wildman–Crippen MR) is 69.8 cm³/mol. The number of nitrogens with two attached hydrogens (primary N) is 1. The first-order valence-corrected chi connectivity index (χ1v) is 6.66. The molecule has 0 saturated carbocycles. The van der Waals surface area contributed by atoms with Crippen LogP contribution in [0.4, 0.5) is 8.78 Å². The fourth-order valence-corrected chi connectivity index (χ4v) is 2.49. The van der Waals surface area contributed by atoms with Gasteiger partial charge in [0, 0.05) is 25.7 Å². The van der Waals surface area contributed by atoms with Crippen LogP contribution in [0, 0.1) is 11.6 Å². The van der Waals surface area contributed by atoms with Crippen molar-refractivity contribution in [1.29, 1.82) is 0 Å². The van der Waals surface area contributed by atoms with E-state index in [-0.39, 0.29) is 12.1 Å². The second-order valence-electron chi connectivity index (χ2n) is 4.82. The van der Waals surface area contributed by atoms with Crippen molar-refractivity contribution in [3.63, 3.8) is 0 Å². The fourth-order valence-electron chi connectivity index (χ4n) is 2.49. The molecule has 1 aromatic rings. The van der Waals surface area contributed by atoms with Gasteiger partial charge in [0.05, 0.1) is 12.7 Å². The Balaban J connectivity index is 2.16. The maximum atomic E-state index is 13.3. The van der Waals surface area contributed by atoms with Crippen LogP contribution in [-0.4, -0.2) is 37.2 Å². The van der Waals surface area contributed by atoms with Gasteiger partial charge in [-0.15, -0.1) is 0 Å². The van der Waals surface area contributed by atoms with E-state index in [1.54, 1.807) is 6.07 Å². The highest BCUT2D eigenvalue weighted by Crippen LogP contribution is 2.24. The summed E-state index contributed by atoms with van der Waals surface area (Å²) in [5, 5.41) is 0. The van der Waals surface area contributed by atoms with Crippen LogP contribution in [0.1, 0.15) is 24.9 Å². The van der Waals surface area contributed by atoms with Crippen molar-refractivity contribution < 1.29 is 13.5 Å². The van der Waals surface area contributed by atoms with Gasteiger partial charge in [-0.25, -0.2) is 8.78 Å². The van der Waals surface area contributed by atoms with E-state index in [2.05, 4.69) is 11.8 Å². The number of morpholine rings is 1. The summed E-state index contributed by atoms with van der Waals surface area (Å²) in [6, 6.07) is 3.91. The predicted octanol–water partition coefficient (Wildman–Crippen LogP) is 2.08. The zero-order valence-corrected chi connectivity index (χ0v) is 11.1. The highest BCUT2D eigenvalue weighted by molar-refractivity contribution is 5.22. The molecule has 0 spiro atoms. The van der Waals surface area contributed by atoms with E-state index in [1.165, 1.54) is 6.07 Å².